The maximum atomic E-state index is 12.5. The highest BCUT2D eigenvalue weighted by Gasteiger charge is 2.20. The number of hydrogen-bond donors (Lipinski definition) is 2. The third-order valence-corrected chi connectivity index (χ3v) is 7.00. The highest BCUT2D eigenvalue weighted by molar-refractivity contribution is 7.94. The van der Waals surface area contributed by atoms with Crippen molar-refractivity contribution in [3.8, 4) is 0 Å². The maximum absolute atomic E-state index is 12.5. The number of carbonyl (C=O) groups excluding carboxylic acids is 2. The Morgan fingerprint density at radius 1 is 1.19 bits per heavy atom. The van der Waals surface area contributed by atoms with Crippen LogP contribution >= 0.6 is 11.3 Å². The van der Waals surface area contributed by atoms with E-state index < -0.39 is 10.0 Å². The van der Waals surface area contributed by atoms with Gasteiger partial charge < -0.3 is 10.2 Å². The van der Waals surface area contributed by atoms with Crippen LogP contribution in [0.15, 0.2) is 46.0 Å². The van der Waals surface area contributed by atoms with Gasteiger partial charge >= 0.3 is 0 Å². The molecule has 0 bridgehead atoms. The minimum Gasteiger partial charge on any atom is -0.352 e. The zero-order valence-electron chi connectivity index (χ0n) is 14.7. The Bertz CT molecular complexity index is 910. The monoisotopic (exact) mass is 407 g/mol. The molecule has 144 valence electrons. The van der Waals surface area contributed by atoms with Gasteiger partial charge in [0, 0.05) is 26.1 Å². The molecular weight excluding hydrogens is 386 g/mol. The molecule has 7 nitrogen and oxygen atoms in total. The molecule has 2 N–H and O–H groups in total. The number of nitrogens with zero attached hydrogens (tertiary/aromatic N) is 1. The van der Waals surface area contributed by atoms with Gasteiger partial charge in [0.2, 0.25) is 5.91 Å². The Morgan fingerprint density at radius 2 is 2.00 bits per heavy atom. The first kappa shape index (κ1) is 19.4. The Labute approximate surface area is 162 Å². The van der Waals surface area contributed by atoms with E-state index in [0.717, 1.165) is 24.3 Å². The summed E-state index contributed by atoms with van der Waals surface area (Å²) in [4.78, 5) is 25.8. The highest BCUT2D eigenvalue weighted by Crippen LogP contribution is 2.22. The SMILES string of the molecule is O=C(NCCCN1CCCC1=O)c1ccccc1NS(=O)(=O)c1cccs1. The van der Waals surface area contributed by atoms with Crippen LogP contribution in [0.5, 0.6) is 0 Å². The van der Waals surface area contributed by atoms with Crippen molar-refractivity contribution in [3.05, 3.63) is 47.3 Å². The number of amides is 2. The molecular formula is C18H21N3O4S2. The molecule has 0 spiro atoms. The van der Waals surface area contributed by atoms with Crippen LogP contribution in [-0.4, -0.2) is 44.8 Å². The molecule has 0 radical (unpaired) electrons. The lowest BCUT2D eigenvalue weighted by Gasteiger charge is -2.16. The van der Waals surface area contributed by atoms with E-state index in [2.05, 4.69) is 10.0 Å². The summed E-state index contributed by atoms with van der Waals surface area (Å²) < 4.78 is 27.5. The number of benzene rings is 1. The van der Waals surface area contributed by atoms with Gasteiger partial charge in [-0.25, -0.2) is 8.42 Å². The van der Waals surface area contributed by atoms with Gasteiger partial charge in [-0.3, -0.25) is 14.3 Å². The Balaban J connectivity index is 1.59. The van der Waals surface area contributed by atoms with Gasteiger partial charge in [-0.2, -0.15) is 0 Å². The molecule has 0 unspecified atom stereocenters. The topological polar surface area (TPSA) is 95.6 Å². The molecule has 0 atom stereocenters. The second kappa shape index (κ2) is 8.53. The minimum absolute atomic E-state index is 0.162. The van der Waals surface area contributed by atoms with Gasteiger partial charge in [-0.05, 0) is 36.4 Å². The van der Waals surface area contributed by atoms with Crippen molar-refractivity contribution in [2.24, 2.45) is 0 Å². The van der Waals surface area contributed by atoms with E-state index in [1.165, 1.54) is 6.07 Å². The fraction of sp³-hybridized carbons (Fsp3) is 0.333. The van der Waals surface area contributed by atoms with Crippen LogP contribution in [0.4, 0.5) is 5.69 Å². The maximum Gasteiger partial charge on any atom is 0.271 e. The van der Waals surface area contributed by atoms with Crippen molar-refractivity contribution >= 4 is 38.9 Å². The number of likely N-dealkylation sites (tertiary alicyclic amines) is 1. The second-order valence-corrected chi connectivity index (χ2v) is 9.03. The van der Waals surface area contributed by atoms with Crippen molar-refractivity contribution in [2.45, 2.75) is 23.5 Å². The molecule has 1 aliphatic heterocycles. The molecule has 0 aliphatic carbocycles. The molecule has 2 amide bonds. The molecule has 27 heavy (non-hydrogen) atoms. The predicted octanol–water partition coefficient (Wildman–Crippen LogP) is 2.29. The van der Waals surface area contributed by atoms with E-state index >= 15 is 0 Å². The molecule has 1 saturated heterocycles. The first-order chi connectivity index (χ1) is 13.0. The summed E-state index contributed by atoms with van der Waals surface area (Å²) in [6.45, 7) is 1.81. The van der Waals surface area contributed by atoms with Crippen LogP contribution in [-0.2, 0) is 14.8 Å². The number of carbonyl (C=O) groups is 2. The molecule has 3 rings (SSSR count). The quantitative estimate of drug-likeness (QED) is 0.657. The van der Waals surface area contributed by atoms with Crippen LogP contribution in [0.25, 0.3) is 0 Å². The molecule has 2 aromatic rings. The smallest absolute Gasteiger partial charge is 0.271 e. The average Bonchev–Trinajstić information content (AvgIpc) is 3.31. The van der Waals surface area contributed by atoms with Crippen LogP contribution in [0.2, 0.25) is 0 Å². The van der Waals surface area contributed by atoms with E-state index in [1.54, 1.807) is 40.6 Å². The average molecular weight is 408 g/mol. The summed E-state index contributed by atoms with van der Waals surface area (Å²) in [5, 5.41) is 4.47. The van der Waals surface area contributed by atoms with Crippen molar-refractivity contribution in [1.29, 1.82) is 0 Å². The Morgan fingerprint density at radius 3 is 2.70 bits per heavy atom. The largest absolute Gasteiger partial charge is 0.352 e. The van der Waals surface area contributed by atoms with Crippen LogP contribution in [0.1, 0.15) is 29.6 Å². The van der Waals surface area contributed by atoms with Crippen LogP contribution < -0.4 is 10.0 Å². The van der Waals surface area contributed by atoms with E-state index in [4.69, 9.17) is 0 Å². The Hall–Kier alpha value is -2.39. The lowest BCUT2D eigenvalue weighted by atomic mass is 10.1. The summed E-state index contributed by atoms with van der Waals surface area (Å²) >= 11 is 1.11. The van der Waals surface area contributed by atoms with Crippen molar-refractivity contribution in [3.63, 3.8) is 0 Å². The first-order valence-electron chi connectivity index (χ1n) is 8.69. The normalized spacial score (nSPS) is 14.4. The highest BCUT2D eigenvalue weighted by atomic mass is 32.2. The standard InChI is InChI=1S/C18H21N3O4S2/c22-16-8-3-11-21(16)12-5-10-19-18(23)14-6-1-2-7-15(14)20-27(24,25)17-9-4-13-26-17/h1-2,4,6-7,9,13,20H,3,5,8,10-12H2,(H,19,23). The summed E-state index contributed by atoms with van der Waals surface area (Å²) in [6.07, 6.45) is 2.15. The van der Waals surface area contributed by atoms with E-state index in [0.29, 0.717) is 25.9 Å². The number of sulfonamides is 1. The number of rotatable bonds is 8. The van der Waals surface area contributed by atoms with Gasteiger partial charge in [0.05, 0.1) is 11.3 Å². The van der Waals surface area contributed by atoms with Crippen LogP contribution in [0, 0.1) is 0 Å². The van der Waals surface area contributed by atoms with Crippen LogP contribution in [0.3, 0.4) is 0 Å². The van der Waals surface area contributed by atoms with E-state index in [-0.39, 0.29) is 27.3 Å². The molecule has 1 aromatic heterocycles. The van der Waals surface area contributed by atoms with Gasteiger partial charge in [0.25, 0.3) is 15.9 Å². The summed E-state index contributed by atoms with van der Waals surface area (Å²) in [5.74, 6) is -0.193. The molecule has 9 heteroatoms. The van der Waals surface area contributed by atoms with E-state index in [9.17, 15) is 18.0 Å². The molecule has 2 heterocycles. The zero-order chi connectivity index (χ0) is 19.3. The Kier molecular flexibility index (Phi) is 6.12. The fourth-order valence-corrected chi connectivity index (χ4v) is 4.96. The fourth-order valence-electron chi connectivity index (χ4n) is 2.89. The molecule has 1 fully saturated rings. The van der Waals surface area contributed by atoms with Gasteiger partial charge in [-0.15, -0.1) is 11.3 Å². The molecule has 1 aliphatic rings. The molecule has 0 saturated carbocycles. The summed E-state index contributed by atoms with van der Waals surface area (Å²) in [6, 6.07) is 9.65. The van der Waals surface area contributed by atoms with Gasteiger partial charge in [-0.1, -0.05) is 18.2 Å². The summed E-state index contributed by atoms with van der Waals surface area (Å²) in [5.41, 5.74) is 0.494. The van der Waals surface area contributed by atoms with Gasteiger partial charge in [0.1, 0.15) is 4.21 Å². The minimum atomic E-state index is -3.72. The summed E-state index contributed by atoms with van der Waals surface area (Å²) in [7, 11) is -3.72. The lowest BCUT2D eigenvalue weighted by molar-refractivity contribution is -0.127. The second-order valence-electron chi connectivity index (χ2n) is 6.18. The van der Waals surface area contributed by atoms with Gasteiger partial charge in [0.15, 0.2) is 0 Å². The van der Waals surface area contributed by atoms with Crippen molar-refractivity contribution in [1.82, 2.24) is 10.2 Å². The third-order valence-electron chi connectivity index (χ3n) is 4.24. The number of nitrogens with one attached hydrogen (secondary N) is 2. The van der Waals surface area contributed by atoms with E-state index in [1.807, 2.05) is 0 Å². The number of thiophene rings is 1. The predicted molar refractivity (Wildman–Crippen MR) is 104 cm³/mol. The zero-order valence-corrected chi connectivity index (χ0v) is 16.3. The van der Waals surface area contributed by atoms with Crippen molar-refractivity contribution < 1.29 is 18.0 Å². The third kappa shape index (κ3) is 4.86. The number of anilines is 1. The lowest BCUT2D eigenvalue weighted by Crippen LogP contribution is -2.31. The number of hydrogen-bond acceptors (Lipinski definition) is 5. The first-order valence-corrected chi connectivity index (χ1v) is 11.0. The number of para-hydroxylation sites is 1. The van der Waals surface area contributed by atoms with Crippen molar-refractivity contribution in [2.75, 3.05) is 24.4 Å². The molecule has 1 aromatic carbocycles.